The molecule has 0 atom stereocenters. The zero-order chi connectivity index (χ0) is 21.7. The van der Waals surface area contributed by atoms with Gasteiger partial charge in [-0.2, -0.15) is 0 Å². The Kier molecular flexibility index (Phi) is 11.0. The van der Waals surface area contributed by atoms with Crippen molar-refractivity contribution in [1.82, 2.24) is 0 Å². The quantitative estimate of drug-likeness (QED) is 0.514. The van der Waals surface area contributed by atoms with Gasteiger partial charge in [-0.05, 0) is 38.2 Å². The topological polar surface area (TPSA) is 123 Å². The molecule has 0 saturated carbocycles. The molecule has 0 unspecified atom stereocenters. The summed E-state index contributed by atoms with van der Waals surface area (Å²) in [6, 6.07) is 8.24. The minimum atomic E-state index is -3.35. The molecule has 152 valence electrons. The number of nitrogens with one attached hydrogen (secondary N) is 1. The molecule has 1 heterocycles. The molecular formula is C20H26N2O5S. The van der Waals surface area contributed by atoms with Gasteiger partial charge in [0.25, 0.3) is 0 Å². The SMILES string of the molecule is C=C.CC#Cc1ccc(NCc2oc(CS(C)(=O)=O)cc(=O)c2O)cc1.CN. The maximum absolute atomic E-state index is 11.7. The molecule has 0 spiro atoms. The summed E-state index contributed by atoms with van der Waals surface area (Å²) in [6.45, 7) is 7.79. The number of nitrogens with two attached hydrogens (primary N) is 1. The average molecular weight is 407 g/mol. The fourth-order valence-corrected chi connectivity index (χ4v) is 2.69. The number of sulfone groups is 1. The van der Waals surface area contributed by atoms with Crippen LogP contribution in [-0.4, -0.2) is 26.8 Å². The van der Waals surface area contributed by atoms with Gasteiger partial charge < -0.3 is 20.6 Å². The van der Waals surface area contributed by atoms with Gasteiger partial charge in [0.15, 0.2) is 15.6 Å². The highest BCUT2D eigenvalue weighted by molar-refractivity contribution is 7.89. The number of benzene rings is 1. The lowest BCUT2D eigenvalue weighted by molar-refractivity contribution is 0.390. The summed E-state index contributed by atoms with van der Waals surface area (Å²) in [6.07, 6.45) is 1.04. The van der Waals surface area contributed by atoms with Crippen molar-refractivity contribution in [2.45, 2.75) is 19.2 Å². The van der Waals surface area contributed by atoms with Crippen LogP contribution in [0.15, 0.2) is 52.7 Å². The third-order valence-electron chi connectivity index (χ3n) is 3.06. The monoisotopic (exact) mass is 406 g/mol. The van der Waals surface area contributed by atoms with Crippen molar-refractivity contribution >= 4 is 15.5 Å². The molecule has 0 saturated heterocycles. The van der Waals surface area contributed by atoms with Crippen molar-refractivity contribution in [3.8, 4) is 17.6 Å². The first-order valence-electron chi connectivity index (χ1n) is 8.15. The van der Waals surface area contributed by atoms with Crippen LogP contribution < -0.4 is 16.5 Å². The molecule has 1 aromatic carbocycles. The highest BCUT2D eigenvalue weighted by Gasteiger charge is 2.14. The van der Waals surface area contributed by atoms with Gasteiger partial charge in [-0.1, -0.05) is 5.92 Å². The van der Waals surface area contributed by atoms with Gasteiger partial charge >= 0.3 is 0 Å². The Morgan fingerprint density at radius 3 is 2.29 bits per heavy atom. The van der Waals surface area contributed by atoms with Gasteiger partial charge in [-0.15, -0.1) is 19.1 Å². The molecule has 1 aromatic heterocycles. The normalized spacial score (nSPS) is 9.57. The first kappa shape index (κ1) is 25.0. The van der Waals surface area contributed by atoms with E-state index in [1.165, 1.54) is 7.05 Å². The third kappa shape index (κ3) is 8.58. The van der Waals surface area contributed by atoms with Gasteiger partial charge in [-0.25, -0.2) is 8.42 Å². The Balaban J connectivity index is 0.00000171. The average Bonchev–Trinajstić information content (AvgIpc) is 2.67. The fraction of sp³-hybridized carbons (Fsp3) is 0.250. The van der Waals surface area contributed by atoms with E-state index in [-0.39, 0.29) is 18.1 Å². The van der Waals surface area contributed by atoms with E-state index < -0.39 is 26.8 Å². The number of anilines is 1. The van der Waals surface area contributed by atoms with E-state index in [4.69, 9.17) is 4.42 Å². The number of aromatic hydroxyl groups is 1. The lowest BCUT2D eigenvalue weighted by Crippen LogP contribution is -2.10. The smallest absolute Gasteiger partial charge is 0.227 e. The predicted octanol–water partition coefficient (Wildman–Crippen LogP) is 2.25. The van der Waals surface area contributed by atoms with Crippen LogP contribution in [-0.2, 0) is 22.1 Å². The maximum atomic E-state index is 11.7. The Morgan fingerprint density at radius 2 is 1.79 bits per heavy atom. The summed E-state index contributed by atoms with van der Waals surface area (Å²) in [4.78, 5) is 11.7. The van der Waals surface area contributed by atoms with Crippen LogP contribution in [0.5, 0.6) is 5.75 Å². The van der Waals surface area contributed by atoms with E-state index in [0.29, 0.717) is 0 Å². The van der Waals surface area contributed by atoms with Crippen LogP contribution >= 0.6 is 0 Å². The molecule has 28 heavy (non-hydrogen) atoms. The Bertz CT molecular complexity index is 968. The van der Waals surface area contributed by atoms with Crippen molar-refractivity contribution < 1.29 is 17.9 Å². The van der Waals surface area contributed by atoms with Crippen molar-refractivity contribution in [3.63, 3.8) is 0 Å². The van der Waals surface area contributed by atoms with Crippen molar-refractivity contribution in [2.24, 2.45) is 5.73 Å². The predicted molar refractivity (Wildman–Crippen MR) is 113 cm³/mol. The van der Waals surface area contributed by atoms with Crippen LogP contribution in [0.25, 0.3) is 0 Å². The minimum Gasteiger partial charge on any atom is -0.502 e. The molecule has 8 heteroatoms. The largest absolute Gasteiger partial charge is 0.502 e. The second kappa shape index (κ2) is 12.4. The highest BCUT2D eigenvalue weighted by Crippen LogP contribution is 2.18. The van der Waals surface area contributed by atoms with Crippen molar-refractivity contribution in [2.75, 3.05) is 18.6 Å². The standard InChI is InChI=1S/C17H17NO5S.C2H4.CH5N/c1-3-4-12-5-7-13(8-6-12)18-10-16-17(20)15(19)9-14(23-16)11-24(2,21)22;2*1-2/h5-9,18,20H,10-11H2,1-2H3;1-2H2;2H2,1H3. The first-order chi connectivity index (χ1) is 13.3. The summed E-state index contributed by atoms with van der Waals surface area (Å²) in [7, 11) is -1.85. The number of hydrogen-bond acceptors (Lipinski definition) is 7. The summed E-state index contributed by atoms with van der Waals surface area (Å²) in [5, 5.41) is 12.8. The van der Waals surface area contributed by atoms with Gasteiger partial charge in [0.2, 0.25) is 11.2 Å². The molecule has 0 bridgehead atoms. The molecule has 2 rings (SSSR count). The molecule has 7 nitrogen and oxygen atoms in total. The van der Waals surface area contributed by atoms with Gasteiger partial charge in [-0.3, -0.25) is 4.79 Å². The Hall–Kier alpha value is -3.02. The Labute approximate surface area is 165 Å². The number of hydrogen-bond donors (Lipinski definition) is 3. The van der Waals surface area contributed by atoms with E-state index in [9.17, 15) is 18.3 Å². The lowest BCUT2D eigenvalue weighted by Gasteiger charge is -2.09. The zero-order valence-electron chi connectivity index (χ0n) is 16.3. The molecule has 0 aliphatic heterocycles. The molecule has 0 aliphatic carbocycles. The first-order valence-corrected chi connectivity index (χ1v) is 10.2. The molecular weight excluding hydrogens is 380 g/mol. The van der Waals surface area contributed by atoms with Crippen LogP contribution in [0.1, 0.15) is 24.0 Å². The van der Waals surface area contributed by atoms with Crippen molar-refractivity contribution in [3.05, 3.63) is 70.8 Å². The second-order valence-corrected chi connectivity index (χ2v) is 7.36. The fourth-order valence-electron chi connectivity index (χ4n) is 2.04. The number of rotatable bonds is 5. The van der Waals surface area contributed by atoms with Crippen molar-refractivity contribution in [1.29, 1.82) is 0 Å². The van der Waals surface area contributed by atoms with E-state index in [1.807, 2.05) is 12.1 Å². The molecule has 0 aliphatic rings. The highest BCUT2D eigenvalue weighted by atomic mass is 32.2. The van der Waals surface area contributed by atoms with Crippen LogP contribution in [0.4, 0.5) is 5.69 Å². The van der Waals surface area contributed by atoms with Gasteiger partial charge in [0.05, 0.1) is 6.54 Å². The lowest BCUT2D eigenvalue weighted by atomic mass is 10.2. The molecule has 4 N–H and O–H groups in total. The summed E-state index contributed by atoms with van der Waals surface area (Å²) in [5.74, 6) is 4.76. The van der Waals surface area contributed by atoms with Gasteiger partial charge in [0, 0.05) is 23.6 Å². The van der Waals surface area contributed by atoms with Crippen LogP contribution in [0, 0.1) is 11.8 Å². The Morgan fingerprint density at radius 1 is 1.21 bits per heavy atom. The third-order valence-corrected chi connectivity index (χ3v) is 3.86. The van der Waals surface area contributed by atoms with E-state index in [1.54, 1.807) is 19.1 Å². The maximum Gasteiger partial charge on any atom is 0.227 e. The molecule has 0 fully saturated rings. The van der Waals surface area contributed by atoms with E-state index in [2.05, 4.69) is 36.0 Å². The van der Waals surface area contributed by atoms with Crippen LogP contribution in [0.3, 0.4) is 0 Å². The van der Waals surface area contributed by atoms with E-state index >= 15 is 0 Å². The molecule has 0 radical (unpaired) electrons. The van der Waals surface area contributed by atoms with E-state index in [0.717, 1.165) is 23.6 Å². The summed E-state index contributed by atoms with van der Waals surface area (Å²) in [5.41, 5.74) is 5.44. The second-order valence-electron chi connectivity index (χ2n) is 5.22. The summed E-state index contributed by atoms with van der Waals surface area (Å²) >= 11 is 0. The molecule has 2 aromatic rings. The minimum absolute atomic E-state index is 0.00864. The molecule has 0 amide bonds. The van der Waals surface area contributed by atoms with Crippen LogP contribution in [0.2, 0.25) is 0 Å². The zero-order valence-corrected chi connectivity index (χ0v) is 17.1. The van der Waals surface area contributed by atoms with Gasteiger partial charge in [0.1, 0.15) is 11.5 Å². The summed E-state index contributed by atoms with van der Waals surface area (Å²) < 4.78 is 28.0.